The van der Waals surface area contributed by atoms with Gasteiger partial charge in [-0.3, -0.25) is 0 Å². The number of aromatic nitrogens is 2. The van der Waals surface area contributed by atoms with Crippen molar-refractivity contribution < 1.29 is 10.2 Å². The van der Waals surface area contributed by atoms with E-state index in [4.69, 9.17) is 0 Å². The molecule has 0 amide bonds. The highest BCUT2D eigenvalue weighted by Gasteiger charge is 2.07. The Balaban J connectivity index is 2.03. The van der Waals surface area contributed by atoms with Gasteiger partial charge in [0.05, 0.1) is 11.7 Å². The molecular formula is C14H12N2O2. The van der Waals surface area contributed by atoms with Crippen molar-refractivity contribution in [1.29, 1.82) is 0 Å². The van der Waals surface area contributed by atoms with Crippen LogP contribution in [0.5, 0.6) is 11.5 Å². The second-order valence-corrected chi connectivity index (χ2v) is 4.16. The summed E-state index contributed by atoms with van der Waals surface area (Å²) >= 11 is 0. The summed E-state index contributed by atoms with van der Waals surface area (Å²) in [5.74, 6) is 1.32. The fraction of sp³-hybridized carbons (Fsp3) is 0.0714. The zero-order valence-electron chi connectivity index (χ0n) is 9.61. The lowest BCUT2D eigenvalue weighted by molar-refractivity contribution is 0.468. The Morgan fingerprint density at radius 1 is 1.11 bits per heavy atom. The largest absolute Gasteiger partial charge is 0.508 e. The fourth-order valence-electron chi connectivity index (χ4n) is 2.00. The van der Waals surface area contributed by atoms with Gasteiger partial charge in [-0.05, 0) is 12.1 Å². The van der Waals surface area contributed by atoms with Crippen molar-refractivity contribution >= 4 is 5.52 Å². The van der Waals surface area contributed by atoms with Crippen molar-refractivity contribution in [3.05, 3.63) is 60.2 Å². The first-order valence-corrected chi connectivity index (χ1v) is 5.66. The van der Waals surface area contributed by atoms with E-state index in [0.29, 0.717) is 6.42 Å². The second-order valence-electron chi connectivity index (χ2n) is 4.16. The Morgan fingerprint density at radius 3 is 2.78 bits per heavy atom. The number of phenols is 1. The molecule has 2 heterocycles. The minimum absolute atomic E-state index is 0.219. The molecule has 0 bridgehead atoms. The van der Waals surface area contributed by atoms with E-state index in [2.05, 4.69) is 4.98 Å². The SMILES string of the molecule is Oc1ccn2c(Cc3ccccc3O)ncc2c1. The molecule has 0 saturated heterocycles. The van der Waals surface area contributed by atoms with Crippen molar-refractivity contribution in [3.8, 4) is 11.5 Å². The minimum atomic E-state index is 0.219. The molecule has 3 rings (SSSR count). The van der Waals surface area contributed by atoms with E-state index in [1.165, 1.54) is 0 Å². The Kier molecular flexibility index (Phi) is 2.41. The molecule has 0 unspecified atom stereocenters. The summed E-state index contributed by atoms with van der Waals surface area (Å²) in [5.41, 5.74) is 1.67. The zero-order chi connectivity index (χ0) is 12.5. The van der Waals surface area contributed by atoms with E-state index in [9.17, 15) is 10.2 Å². The molecule has 0 aliphatic rings. The maximum absolute atomic E-state index is 9.75. The Labute approximate surface area is 104 Å². The molecule has 4 heteroatoms. The molecule has 0 atom stereocenters. The van der Waals surface area contributed by atoms with Crippen molar-refractivity contribution in [2.45, 2.75) is 6.42 Å². The van der Waals surface area contributed by atoms with Crippen LogP contribution in [0.15, 0.2) is 48.8 Å². The fourth-order valence-corrected chi connectivity index (χ4v) is 2.00. The number of phenolic OH excluding ortho intramolecular Hbond substituents is 1. The first-order chi connectivity index (χ1) is 8.74. The van der Waals surface area contributed by atoms with Gasteiger partial charge >= 0.3 is 0 Å². The topological polar surface area (TPSA) is 57.8 Å². The van der Waals surface area contributed by atoms with Gasteiger partial charge in [0.1, 0.15) is 17.3 Å². The number of pyridine rings is 1. The van der Waals surface area contributed by atoms with Gasteiger partial charge in [-0.25, -0.2) is 4.98 Å². The summed E-state index contributed by atoms with van der Waals surface area (Å²) in [6.45, 7) is 0. The highest BCUT2D eigenvalue weighted by molar-refractivity contribution is 5.50. The molecule has 0 saturated carbocycles. The minimum Gasteiger partial charge on any atom is -0.508 e. The molecule has 0 aliphatic carbocycles. The van der Waals surface area contributed by atoms with Crippen molar-refractivity contribution in [1.82, 2.24) is 9.38 Å². The van der Waals surface area contributed by atoms with Crippen LogP contribution < -0.4 is 0 Å². The van der Waals surface area contributed by atoms with Crippen LogP contribution in [0.2, 0.25) is 0 Å². The van der Waals surface area contributed by atoms with Crippen molar-refractivity contribution in [2.24, 2.45) is 0 Å². The van der Waals surface area contributed by atoms with Gasteiger partial charge in [-0.15, -0.1) is 0 Å². The molecule has 3 aromatic rings. The maximum atomic E-state index is 9.75. The number of hydrogen-bond acceptors (Lipinski definition) is 3. The molecule has 0 aliphatic heterocycles. The van der Waals surface area contributed by atoms with E-state index < -0.39 is 0 Å². The van der Waals surface area contributed by atoms with E-state index >= 15 is 0 Å². The van der Waals surface area contributed by atoms with Gasteiger partial charge in [0.15, 0.2) is 0 Å². The molecule has 0 spiro atoms. The first kappa shape index (κ1) is 10.7. The van der Waals surface area contributed by atoms with Gasteiger partial charge in [0.2, 0.25) is 0 Å². The highest BCUT2D eigenvalue weighted by atomic mass is 16.3. The molecule has 0 fully saturated rings. The van der Waals surface area contributed by atoms with Crippen molar-refractivity contribution in [3.63, 3.8) is 0 Å². The van der Waals surface area contributed by atoms with Crippen LogP contribution in [0, 0.1) is 0 Å². The molecular weight excluding hydrogens is 228 g/mol. The van der Waals surface area contributed by atoms with Gasteiger partial charge in [-0.1, -0.05) is 18.2 Å². The lowest BCUT2D eigenvalue weighted by Gasteiger charge is -2.04. The smallest absolute Gasteiger partial charge is 0.119 e. The number of aromatic hydroxyl groups is 2. The molecule has 4 nitrogen and oxygen atoms in total. The summed E-state index contributed by atoms with van der Waals surface area (Å²) in [5, 5.41) is 19.1. The number of hydrogen-bond donors (Lipinski definition) is 2. The number of imidazole rings is 1. The van der Waals surface area contributed by atoms with Gasteiger partial charge < -0.3 is 14.6 Å². The van der Waals surface area contributed by atoms with Gasteiger partial charge in [0.25, 0.3) is 0 Å². The monoisotopic (exact) mass is 240 g/mol. The van der Waals surface area contributed by atoms with Crippen molar-refractivity contribution in [2.75, 3.05) is 0 Å². The molecule has 18 heavy (non-hydrogen) atoms. The van der Waals surface area contributed by atoms with Crippen LogP contribution in [0.3, 0.4) is 0 Å². The first-order valence-electron chi connectivity index (χ1n) is 5.66. The van der Waals surface area contributed by atoms with E-state index in [1.54, 1.807) is 36.7 Å². The molecule has 90 valence electrons. The lowest BCUT2D eigenvalue weighted by atomic mass is 10.1. The Hall–Kier alpha value is -2.49. The number of para-hydroxylation sites is 1. The summed E-state index contributed by atoms with van der Waals surface area (Å²) in [6, 6.07) is 10.5. The highest BCUT2D eigenvalue weighted by Crippen LogP contribution is 2.21. The van der Waals surface area contributed by atoms with Crippen LogP contribution in [-0.2, 0) is 6.42 Å². The predicted octanol–water partition coefficient (Wildman–Crippen LogP) is 2.34. The van der Waals surface area contributed by atoms with Crippen LogP contribution >= 0.6 is 0 Å². The third kappa shape index (κ3) is 1.78. The van der Waals surface area contributed by atoms with Gasteiger partial charge in [0, 0.05) is 24.2 Å². The molecule has 1 aromatic carbocycles. The third-order valence-corrected chi connectivity index (χ3v) is 2.93. The van der Waals surface area contributed by atoms with Crippen LogP contribution in [0.4, 0.5) is 0 Å². The number of benzene rings is 1. The summed E-state index contributed by atoms with van der Waals surface area (Å²) in [7, 11) is 0. The second kappa shape index (κ2) is 4.07. The average molecular weight is 240 g/mol. The zero-order valence-corrected chi connectivity index (χ0v) is 9.61. The van der Waals surface area contributed by atoms with Crippen LogP contribution in [0.1, 0.15) is 11.4 Å². The average Bonchev–Trinajstić information content (AvgIpc) is 2.74. The van der Waals surface area contributed by atoms with E-state index in [0.717, 1.165) is 16.9 Å². The molecule has 2 N–H and O–H groups in total. The Bertz CT molecular complexity index is 704. The number of fused-ring (bicyclic) bond motifs is 1. The predicted molar refractivity (Wildman–Crippen MR) is 67.8 cm³/mol. The third-order valence-electron chi connectivity index (χ3n) is 2.93. The molecule has 0 radical (unpaired) electrons. The van der Waals surface area contributed by atoms with E-state index in [-0.39, 0.29) is 11.5 Å². The maximum Gasteiger partial charge on any atom is 0.119 e. The quantitative estimate of drug-likeness (QED) is 0.722. The van der Waals surface area contributed by atoms with Crippen LogP contribution in [0.25, 0.3) is 5.52 Å². The number of rotatable bonds is 2. The standard InChI is InChI=1S/C14H12N2O2/c17-12-5-6-16-11(8-12)9-15-14(16)7-10-3-1-2-4-13(10)18/h1-6,8-9,17-18H,7H2. The summed E-state index contributed by atoms with van der Waals surface area (Å²) in [6.07, 6.45) is 4.02. The van der Waals surface area contributed by atoms with Crippen LogP contribution in [-0.4, -0.2) is 19.6 Å². The molecule has 2 aromatic heterocycles. The number of nitrogens with zero attached hydrogens (tertiary/aromatic N) is 2. The normalized spacial score (nSPS) is 10.9. The van der Waals surface area contributed by atoms with E-state index in [1.807, 2.05) is 16.5 Å². The summed E-state index contributed by atoms with van der Waals surface area (Å²) in [4.78, 5) is 4.31. The van der Waals surface area contributed by atoms with Gasteiger partial charge in [-0.2, -0.15) is 0 Å². The lowest BCUT2D eigenvalue weighted by Crippen LogP contribution is -1.96. The summed E-state index contributed by atoms with van der Waals surface area (Å²) < 4.78 is 1.90. The Morgan fingerprint density at radius 2 is 1.94 bits per heavy atom.